The quantitative estimate of drug-likeness (QED) is 0.675. The van der Waals surface area contributed by atoms with Gasteiger partial charge in [-0.05, 0) is 12.5 Å². The Morgan fingerprint density at radius 1 is 1.46 bits per heavy atom. The third kappa shape index (κ3) is 4.47. The van der Waals surface area contributed by atoms with E-state index < -0.39 is 12.7 Å². The van der Waals surface area contributed by atoms with Crippen LogP contribution in [0.5, 0.6) is 0 Å². The number of hydrogen-bond donors (Lipinski definition) is 1. The lowest BCUT2D eigenvalue weighted by Gasteiger charge is -2.22. The second-order valence-electron chi connectivity index (χ2n) is 3.66. The summed E-state index contributed by atoms with van der Waals surface area (Å²) >= 11 is 0. The molecule has 1 saturated heterocycles. The molecule has 1 heterocycles. The lowest BCUT2D eigenvalue weighted by molar-refractivity contribution is -0.146. The molecule has 1 aliphatic rings. The van der Waals surface area contributed by atoms with E-state index in [1.807, 2.05) is 6.92 Å². The first-order valence-corrected chi connectivity index (χ1v) is 4.47. The first kappa shape index (κ1) is 10.8. The zero-order valence-corrected chi connectivity index (χ0v) is 7.69. The van der Waals surface area contributed by atoms with Crippen molar-refractivity contribution in [3.8, 4) is 0 Å². The maximum atomic E-state index is 12.0. The minimum Gasteiger partial charge on any atom is -0.315 e. The monoisotopic (exact) mass is 196 g/mol. The van der Waals surface area contributed by atoms with Crippen LogP contribution in [0, 0.1) is 5.92 Å². The predicted octanol–water partition coefficient (Wildman–Crippen LogP) is 1.09. The van der Waals surface area contributed by atoms with Crippen LogP contribution in [0.2, 0.25) is 0 Å². The number of nitrogens with zero attached hydrogens (tertiary/aromatic N) is 1. The highest BCUT2D eigenvalue weighted by Gasteiger charge is 2.31. The summed E-state index contributed by atoms with van der Waals surface area (Å²) < 4.78 is 36.1. The molecule has 0 radical (unpaired) electrons. The van der Waals surface area contributed by atoms with Gasteiger partial charge in [-0.25, -0.2) is 0 Å². The lowest BCUT2D eigenvalue weighted by Crippen LogP contribution is -2.37. The van der Waals surface area contributed by atoms with E-state index in [0.717, 1.165) is 6.54 Å². The Morgan fingerprint density at radius 3 is 2.77 bits per heavy atom. The summed E-state index contributed by atoms with van der Waals surface area (Å²) in [6, 6.07) is 0. The molecular formula is C8H15F3N2. The first-order chi connectivity index (χ1) is 5.97. The molecular weight excluding hydrogens is 181 g/mol. The topological polar surface area (TPSA) is 15.3 Å². The summed E-state index contributed by atoms with van der Waals surface area (Å²) in [7, 11) is 0. The molecule has 13 heavy (non-hydrogen) atoms. The van der Waals surface area contributed by atoms with Gasteiger partial charge in [-0.15, -0.1) is 0 Å². The van der Waals surface area contributed by atoms with Crippen molar-refractivity contribution >= 4 is 0 Å². The van der Waals surface area contributed by atoms with E-state index in [2.05, 4.69) is 5.32 Å². The maximum Gasteiger partial charge on any atom is 0.401 e. The van der Waals surface area contributed by atoms with Crippen molar-refractivity contribution in [2.75, 3.05) is 32.7 Å². The summed E-state index contributed by atoms with van der Waals surface area (Å²) in [5.74, 6) is 0.296. The Bertz CT molecular complexity index is 158. The van der Waals surface area contributed by atoms with E-state index in [1.165, 1.54) is 4.90 Å². The summed E-state index contributed by atoms with van der Waals surface area (Å²) in [5, 5.41) is 3.10. The molecule has 1 N–H and O–H groups in total. The fraction of sp³-hybridized carbons (Fsp3) is 1.00. The van der Waals surface area contributed by atoms with E-state index in [0.29, 0.717) is 25.6 Å². The fourth-order valence-electron chi connectivity index (χ4n) is 1.58. The zero-order chi connectivity index (χ0) is 9.90. The van der Waals surface area contributed by atoms with Gasteiger partial charge in [0.2, 0.25) is 0 Å². The van der Waals surface area contributed by atoms with Gasteiger partial charge < -0.3 is 5.32 Å². The summed E-state index contributed by atoms with van der Waals surface area (Å²) in [6.07, 6.45) is -4.07. The van der Waals surface area contributed by atoms with Crippen LogP contribution in [0.25, 0.3) is 0 Å². The number of hydrogen-bond acceptors (Lipinski definition) is 2. The first-order valence-electron chi connectivity index (χ1n) is 4.47. The Balaban J connectivity index is 2.39. The van der Waals surface area contributed by atoms with Crippen molar-refractivity contribution in [2.45, 2.75) is 13.1 Å². The Kier molecular flexibility index (Phi) is 3.55. The van der Waals surface area contributed by atoms with Crippen molar-refractivity contribution in [1.29, 1.82) is 0 Å². The van der Waals surface area contributed by atoms with Gasteiger partial charge in [0, 0.05) is 19.6 Å². The molecule has 0 bridgehead atoms. The zero-order valence-electron chi connectivity index (χ0n) is 7.69. The highest BCUT2D eigenvalue weighted by Crippen LogP contribution is 2.17. The van der Waals surface area contributed by atoms with Crippen LogP contribution in [0.1, 0.15) is 6.92 Å². The molecule has 0 saturated carbocycles. The van der Waals surface area contributed by atoms with Crippen molar-refractivity contribution in [3.05, 3.63) is 0 Å². The normalized spacial score (nSPS) is 27.2. The average molecular weight is 196 g/mol. The molecule has 2 nitrogen and oxygen atoms in total. The average Bonchev–Trinajstić information content (AvgIpc) is 2.10. The van der Waals surface area contributed by atoms with Crippen molar-refractivity contribution in [2.24, 2.45) is 5.92 Å². The van der Waals surface area contributed by atoms with Gasteiger partial charge in [-0.3, -0.25) is 4.90 Å². The standard InChI is InChI=1S/C8H15F3N2/c1-7-4-12-2-3-13(5-7)6-8(9,10)11/h7,12H,2-6H2,1H3. The lowest BCUT2D eigenvalue weighted by atomic mass is 10.2. The van der Waals surface area contributed by atoms with Crippen LogP contribution < -0.4 is 5.32 Å². The number of rotatable bonds is 1. The largest absolute Gasteiger partial charge is 0.401 e. The van der Waals surface area contributed by atoms with Gasteiger partial charge >= 0.3 is 6.18 Å². The van der Waals surface area contributed by atoms with Crippen molar-refractivity contribution < 1.29 is 13.2 Å². The molecule has 0 amide bonds. The van der Waals surface area contributed by atoms with Gasteiger partial charge in [0.05, 0.1) is 6.54 Å². The molecule has 0 aromatic carbocycles. The van der Waals surface area contributed by atoms with Crippen LogP contribution in [0.4, 0.5) is 13.2 Å². The molecule has 1 aliphatic heterocycles. The highest BCUT2D eigenvalue weighted by molar-refractivity contribution is 4.72. The minimum atomic E-state index is -4.07. The predicted molar refractivity (Wildman–Crippen MR) is 44.5 cm³/mol. The van der Waals surface area contributed by atoms with Gasteiger partial charge in [0.15, 0.2) is 0 Å². The Morgan fingerprint density at radius 2 is 2.15 bits per heavy atom. The minimum absolute atomic E-state index is 0.296. The molecule has 1 rings (SSSR count). The van der Waals surface area contributed by atoms with Crippen molar-refractivity contribution in [1.82, 2.24) is 10.2 Å². The molecule has 78 valence electrons. The second kappa shape index (κ2) is 4.28. The van der Waals surface area contributed by atoms with E-state index >= 15 is 0 Å². The number of halogens is 3. The Hall–Kier alpha value is -0.290. The van der Waals surface area contributed by atoms with Gasteiger partial charge in [0.1, 0.15) is 0 Å². The van der Waals surface area contributed by atoms with Crippen LogP contribution in [-0.2, 0) is 0 Å². The molecule has 0 spiro atoms. The number of alkyl halides is 3. The van der Waals surface area contributed by atoms with Gasteiger partial charge in [-0.2, -0.15) is 13.2 Å². The molecule has 0 aromatic rings. The highest BCUT2D eigenvalue weighted by atomic mass is 19.4. The SMILES string of the molecule is CC1CNCCN(CC(F)(F)F)C1. The Labute approximate surface area is 76.1 Å². The summed E-state index contributed by atoms with van der Waals surface area (Å²) in [4.78, 5) is 1.46. The molecule has 1 fully saturated rings. The van der Waals surface area contributed by atoms with E-state index in [4.69, 9.17) is 0 Å². The second-order valence-corrected chi connectivity index (χ2v) is 3.66. The third-order valence-electron chi connectivity index (χ3n) is 2.07. The fourth-order valence-corrected chi connectivity index (χ4v) is 1.58. The molecule has 0 aromatic heterocycles. The third-order valence-corrected chi connectivity index (χ3v) is 2.07. The molecule has 1 unspecified atom stereocenters. The molecule has 5 heteroatoms. The van der Waals surface area contributed by atoms with E-state index in [-0.39, 0.29) is 0 Å². The van der Waals surface area contributed by atoms with Gasteiger partial charge in [0.25, 0.3) is 0 Å². The maximum absolute atomic E-state index is 12.0. The van der Waals surface area contributed by atoms with E-state index in [9.17, 15) is 13.2 Å². The van der Waals surface area contributed by atoms with Crippen molar-refractivity contribution in [3.63, 3.8) is 0 Å². The van der Waals surface area contributed by atoms with Crippen LogP contribution in [0.3, 0.4) is 0 Å². The molecule has 1 atom stereocenters. The summed E-state index contributed by atoms with van der Waals surface area (Å²) in [5.41, 5.74) is 0. The van der Waals surface area contributed by atoms with Crippen LogP contribution >= 0.6 is 0 Å². The smallest absolute Gasteiger partial charge is 0.315 e. The summed E-state index contributed by atoms with van der Waals surface area (Å²) in [6.45, 7) is 3.67. The van der Waals surface area contributed by atoms with Crippen LogP contribution in [-0.4, -0.2) is 43.8 Å². The van der Waals surface area contributed by atoms with Gasteiger partial charge in [-0.1, -0.05) is 6.92 Å². The van der Waals surface area contributed by atoms with E-state index in [1.54, 1.807) is 0 Å². The molecule has 0 aliphatic carbocycles. The van der Waals surface area contributed by atoms with Crippen LogP contribution in [0.15, 0.2) is 0 Å². The number of nitrogens with one attached hydrogen (secondary N) is 1.